The van der Waals surface area contributed by atoms with Crippen molar-refractivity contribution in [3.8, 4) is 0 Å². The topological polar surface area (TPSA) is 50.9 Å². The number of nitrogens with one attached hydrogen (secondary N) is 1. The van der Waals surface area contributed by atoms with Gasteiger partial charge in [-0.05, 0) is 12.0 Å². The fourth-order valence-corrected chi connectivity index (χ4v) is 2.35. The molecule has 0 amide bonds. The first-order valence-electron chi connectivity index (χ1n) is 5.41. The molecule has 1 unspecified atom stereocenters. The standard InChI is InChI=1S/C11H17Cl2N3/c1-3-7(4-2)10(16-14)11-9(13)5-8(12)6-15-11/h5-7,10,16H,3-4,14H2,1-2H3. The lowest BCUT2D eigenvalue weighted by Gasteiger charge is -2.24. The summed E-state index contributed by atoms with van der Waals surface area (Å²) in [6.45, 7) is 4.25. The summed E-state index contributed by atoms with van der Waals surface area (Å²) in [5, 5.41) is 1.09. The summed E-state index contributed by atoms with van der Waals surface area (Å²) in [7, 11) is 0. The summed E-state index contributed by atoms with van der Waals surface area (Å²) in [6.07, 6.45) is 3.63. The Labute approximate surface area is 106 Å². The van der Waals surface area contributed by atoms with Crippen LogP contribution in [0.1, 0.15) is 38.4 Å². The van der Waals surface area contributed by atoms with E-state index in [9.17, 15) is 0 Å². The molecule has 1 heterocycles. The van der Waals surface area contributed by atoms with Crippen molar-refractivity contribution in [3.05, 3.63) is 28.0 Å². The van der Waals surface area contributed by atoms with Gasteiger partial charge in [0.15, 0.2) is 0 Å². The molecule has 0 aromatic carbocycles. The highest BCUT2D eigenvalue weighted by molar-refractivity contribution is 6.34. The van der Waals surface area contributed by atoms with Crippen LogP contribution in [0.4, 0.5) is 0 Å². The maximum absolute atomic E-state index is 6.12. The van der Waals surface area contributed by atoms with Crippen molar-refractivity contribution in [1.82, 2.24) is 10.4 Å². The number of rotatable bonds is 5. The summed E-state index contributed by atoms with van der Waals surface area (Å²) in [5.41, 5.74) is 3.56. The van der Waals surface area contributed by atoms with Gasteiger partial charge in [-0.1, -0.05) is 49.9 Å². The summed E-state index contributed by atoms with van der Waals surface area (Å²) in [6, 6.07) is 1.66. The van der Waals surface area contributed by atoms with Gasteiger partial charge in [-0.25, -0.2) is 0 Å². The van der Waals surface area contributed by atoms with Gasteiger partial charge in [0.2, 0.25) is 0 Å². The van der Waals surface area contributed by atoms with Crippen LogP contribution >= 0.6 is 23.2 Å². The highest BCUT2D eigenvalue weighted by atomic mass is 35.5. The number of pyridine rings is 1. The third-order valence-corrected chi connectivity index (χ3v) is 3.34. The number of aromatic nitrogens is 1. The van der Waals surface area contributed by atoms with Crippen molar-refractivity contribution in [1.29, 1.82) is 0 Å². The molecule has 1 aromatic rings. The van der Waals surface area contributed by atoms with Gasteiger partial charge in [0.05, 0.1) is 21.8 Å². The summed E-state index contributed by atoms with van der Waals surface area (Å²) >= 11 is 11.9. The molecule has 1 aromatic heterocycles. The van der Waals surface area contributed by atoms with Gasteiger partial charge >= 0.3 is 0 Å². The minimum Gasteiger partial charge on any atom is -0.271 e. The van der Waals surface area contributed by atoms with Crippen molar-refractivity contribution < 1.29 is 0 Å². The maximum Gasteiger partial charge on any atom is 0.0776 e. The van der Waals surface area contributed by atoms with Gasteiger partial charge in [0.1, 0.15) is 0 Å². The highest BCUT2D eigenvalue weighted by Gasteiger charge is 2.22. The van der Waals surface area contributed by atoms with Crippen molar-refractivity contribution in [2.24, 2.45) is 11.8 Å². The predicted molar refractivity (Wildman–Crippen MR) is 68.4 cm³/mol. The predicted octanol–water partition coefficient (Wildman–Crippen LogP) is 3.33. The summed E-state index contributed by atoms with van der Waals surface area (Å²) < 4.78 is 0. The van der Waals surface area contributed by atoms with Crippen molar-refractivity contribution >= 4 is 23.2 Å². The minimum absolute atomic E-state index is 0.0280. The average Bonchev–Trinajstić information content (AvgIpc) is 2.27. The van der Waals surface area contributed by atoms with Crippen LogP contribution in [0.2, 0.25) is 10.0 Å². The Morgan fingerprint density at radius 2 is 2.00 bits per heavy atom. The van der Waals surface area contributed by atoms with Crippen LogP contribution in [0, 0.1) is 5.92 Å². The zero-order valence-corrected chi connectivity index (χ0v) is 11.0. The Morgan fingerprint density at radius 1 is 1.38 bits per heavy atom. The smallest absolute Gasteiger partial charge is 0.0776 e. The molecule has 0 bridgehead atoms. The quantitative estimate of drug-likeness (QED) is 0.632. The number of hydrazine groups is 1. The van der Waals surface area contributed by atoms with E-state index < -0.39 is 0 Å². The molecule has 5 heteroatoms. The van der Waals surface area contributed by atoms with Gasteiger partial charge in [-0.2, -0.15) is 0 Å². The lowest BCUT2D eigenvalue weighted by atomic mass is 9.92. The second kappa shape index (κ2) is 6.40. The van der Waals surface area contributed by atoms with Crippen molar-refractivity contribution in [3.63, 3.8) is 0 Å². The first-order chi connectivity index (χ1) is 7.63. The van der Waals surface area contributed by atoms with E-state index in [1.54, 1.807) is 12.3 Å². The molecule has 90 valence electrons. The second-order valence-corrected chi connectivity index (χ2v) is 4.59. The minimum atomic E-state index is -0.0280. The molecule has 0 saturated carbocycles. The van der Waals surface area contributed by atoms with Crippen LogP contribution in [0.25, 0.3) is 0 Å². The zero-order chi connectivity index (χ0) is 12.1. The van der Waals surface area contributed by atoms with Gasteiger partial charge in [-0.3, -0.25) is 16.3 Å². The highest BCUT2D eigenvalue weighted by Crippen LogP contribution is 2.31. The van der Waals surface area contributed by atoms with Crippen LogP contribution in [0.15, 0.2) is 12.3 Å². The Hall–Kier alpha value is -0.350. The fraction of sp³-hybridized carbons (Fsp3) is 0.545. The van der Waals surface area contributed by atoms with E-state index in [4.69, 9.17) is 29.0 Å². The van der Waals surface area contributed by atoms with Crippen LogP contribution < -0.4 is 11.3 Å². The normalized spacial score (nSPS) is 13.1. The Kier molecular flexibility index (Phi) is 5.49. The van der Waals surface area contributed by atoms with Crippen LogP contribution in [-0.2, 0) is 0 Å². The molecular formula is C11H17Cl2N3. The van der Waals surface area contributed by atoms with Gasteiger partial charge in [-0.15, -0.1) is 0 Å². The summed E-state index contributed by atoms with van der Waals surface area (Å²) in [5.74, 6) is 6.00. The van der Waals surface area contributed by atoms with Crippen LogP contribution in [0.5, 0.6) is 0 Å². The Balaban J connectivity index is 3.03. The molecule has 0 aliphatic heterocycles. The van der Waals surface area contributed by atoms with E-state index in [0.29, 0.717) is 16.0 Å². The lowest BCUT2D eigenvalue weighted by molar-refractivity contribution is 0.339. The largest absolute Gasteiger partial charge is 0.271 e. The van der Waals surface area contributed by atoms with Gasteiger partial charge in [0, 0.05) is 6.20 Å². The number of nitrogens with two attached hydrogens (primary N) is 1. The summed E-state index contributed by atoms with van der Waals surface area (Å²) in [4.78, 5) is 4.26. The molecular weight excluding hydrogens is 245 g/mol. The molecule has 0 spiro atoms. The zero-order valence-electron chi connectivity index (χ0n) is 9.50. The maximum atomic E-state index is 6.12. The van der Waals surface area contributed by atoms with E-state index in [2.05, 4.69) is 24.3 Å². The van der Waals surface area contributed by atoms with Crippen LogP contribution in [0.3, 0.4) is 0 Å². The molecule has 0 aliphatic rings. The van der Waals surface area contributed by atoms with E-state index in [0.717, 1.165) is 18.5 Å². The molecule has 0 saturated heterocycles. The van der Waals surface area contributed by atoms with Crippen molar-refractivity contribution in [2.45, 2.75) is 32.7 Å². The molecule has 1 atom stereocenters. The molecule has 16 heavy (non-hydrogen) atoms. The van der Waals surface area contributed by atoms with Crippen molar-refractivity contribution in [2.75, 3.05) is 0 Å². The van der Waals surface area contributed by atoms with Crippen LogP contribution in [-0.4, -0.2) is 4.98 Å². The first-order valence-corrected chi connectivity index (χ1v) is 6.16. The van der Waals surface area contributed by atoms with E-state index in [1.165, 1.54) is 0 Å². The number of halogens is 2. The Morgan fingerprint density at radius 3 is 2.44 bits per heavy atom. The molecule has 0 aliphatic carbocycles. The molecule has 3 N–H and O–H groups in total. The Bertz CT molecular complexity index is 340. The van der Waals surface area contributed by atoms with E-state index in [1.807, 2.05) is 0 Å². The second-order valence-electron chi connectivity index (χ2n) is 3.74. The lowest BCUT2D eigenvalue weighted by Crippen LogP contribution is -2.34. The molecule has 1 rings (SSSR count). The number of nitrogens with zero attached hydrogens (tertiary/aromatic N) is 1. The first kappa shape index (κ1) is 13.7. The van der Waals surface area contributed by atoms with E-state index in [-0.39, 0.29) is 6.04 Å². The molecule has 0 radical (unpaired) electrons. The molecule has 0 fully saturated rings. The van der Waals surface area contributed by atoms with Gasteiger partial charge in [0.25, 0.3) is 0 Å². The van der Waals surface area contributed by atoms with Gasteiger partial charge < -0.3 is 0 Å². The molecule has 3 nitrogen and oxygen atoms in total. The average molecular weight is 262 g/mol. The van der Waals surface area contributed by atoms with E-state index >= 15 is 0 Å². The monoisotopic (exact) mass is 261 g/mol. The number of hydrogen-bond acceptors (Lipinski definition) is 3. The SMILES string of the molecule is CCC(CC)C(NN)c1ncc(Cl)cc1Cl. The third kappa shape index (κ3) is 3.08. The fourth-order valence-electron chi connectivity index (χ4n) is 1.85. The number of hydrogen-bond donors (Lipinski definition) is 2. The third-order valence-electron chi connectivity index (χ3n) is 2.83.